The molecular formula is C27H36N4. The van der Waals surface area contributed by atoms with Crippen LogP contribution in [0.25, 0.3) is 0 Å². The van der Waals surface area contributed by atoms with Gasteiger partial charge < -0.3 is 9.80 Å². The van der Waals surface area contributed by atoms with Crippen molar-refractivity contribution in [3.8, 4) is 0 Å². The first-order valence-corrected chi connectivity index (χ1v) is 11.2. The Balaban J connectivity index is 0.000000527. The molecular weight excluding hydrogens is 380 g/mol. The van der Waals surface area contributed by atoms with Crippen LogP contribution in [0.4, 0.5) is 23.0 Å². The maximum absolute atomic E-state index is 4.70. The van der Waals surface area contributed by atoms with Gasteiger partial charge in [0, 0.05) is 29.2 Å². The van der Waals surface area contributed by atoms with Crippen molar-refractivity contribution in [3.05, 3.63) is 85.2 Å². The fraction of sp³-hybridized carbons (Fsp3) is 0.333. The second-order valence-electron chi connectivity index (χ2n) is 7.34. The van der Waals surface area contributed by atoms with E-state index in [2.05, 4.69) is 92.3 Å². The minimum Gasteiger partial charge on any atom is -0.301 e. The molecule has 2 aromatic carbocycles. The molecule has 3 aromatic rings. The summed E-state index contributed by atoms with van der Waals surface area (Å²) in [6.45, 7) is 20.8. The predicted octanol–water partition coefficient (Wildman–Crippen LogP) is 7.55. The highest BCUT2D eigenvalue weighted by Crippen LogP contribution is 2.57. The van der Waals surface area contributed by atoms with E-state index in [0.717, 1.165) is 11.6 Å². The minimum absolute atomic E-state index is 0.0543. The molecule has 0 bridgehead atoms. The smallest absolute Gasteiger partial charge is 0.178 e. The van der Waals surface area contributed by atoms with E-state index < -0.39 is 0 Å². The number of aromatic nitrogens is 2. The number of aryl methyl sites for hydroxylation is 1. The van der Waals surface area contributed by atoms with Crippen molar-refractivity contribution < 1.29 is 0 Å². The Labute approximate surface area is 188 Å². The normalized spacial score (nSPS) is 16.3. The molecule has 5 rings (SSSR count). The Kier molecular flexibility index (Phi) is 7.98. The van der Waals surface area contributed by atoms with Crippen molar-refractivity contribution in [1.82, 2.24) is 9.97 Å². The summed E-state index contributed by atoms with van der Waals surface area (Å²) < 4.78 is 0. The molecule has 3 heterocycles. The molecule has 1 aromatic heterocycles. The highest BCUT2D eigenvalue weighted by atomic mass is 15.5. The zero-order chi connectivity index (χ0) is 23.2. The van der Waals surface area contributed by atoms with E-state index in [0.29, 0.717) is 0 Å². The van der Waals surface area contributed by atoms with Gasteiger partial charge in [0.25, 0.3) is 0 Å². The summed E-state index contributed by atoms with van der Waals surface area (Å²) in [5, 5.41) is 0. The van der Waals surface area contributed by atoms with Crippen molar-refractivity contribution in [2.45, 2.75) is 60.0 Å². The summed E-state index contributed by atoms with van der Waals surface area (Å²) >= 11 is 0. The molecule has 1 atom stereocenters. The van der Waals surface area contributed by atoms with Gasteiger partial charge in [0.1, 0.15) is 6.17 Å². The lowest BCUT2D eigenvalue weighted by atomic mass is 9.83. The maximum atomic E-state index is 4.70. The van der Waals surface area contributed by atoms with Gasteiger partial charge in [-0.25, -0.2) is 9.97 Å². The third-order valence-corrected chi connectivity index (χ3v) is 5.48. The number of fused-ring (bicyclic) bond motifs is 5. The molecule has 4 heteroatoms. The lowest BCUT2D eigenvalue weighted by Crippen LogP contribution is -2.46. The number of anilines is 4. The van der Waals surface area contributed by atoms with Gasteiger partial charge in [-0.05, 0) is 30.2 Å². The fourth-order valence-corrected chi connectivity index (χ4v) is 4.35. The summed E-state index contributed by atoms with van der Waals surface area (Å²) in [6, 6.07) is 17.2. The van der Waals surface area contributed by atoms with Gasteiger partial charge in [0.15, 0.2) is 11.6 Å². The van der Waals surface area contributed by atoms with Crippen LogP contribution >= 0.6 is 0 Å². The molecule has 0 aliphatic carbocycles. The van der Waals surface area contributed by atoms with Gasteiger partial charge in [-0.3, -0.25) is 0 Å². The topological polar surface area (TPSA) is 32.3 Å². The summed E-state index contributed by atoms with van der Waals surface area (Å²) in [4.78, 5) is 14.1. The summed E-state index contributed by atoms with van der Waals surface area (Å²) in [5.74, 6) is 1.87. The molecule has 0 saturated carbocycles. The van der Waals surface area contributed by atoms with Crippen LogP contribution in [0.2, 0.25) is 0 Å². The second kappa shape index (κ2) is 10.3. The molecule has 2 aliphatic rings. The van der Waals surface area contributed by atoms with Crippen LogP contribution in [0.3, 0.4) is 0 Å². The Morgan fingerprint density at radius 2 is 1.19 bits per heavy atom. The van der Waals surface area contributed by atoms with E-state index in [9.17, 15) is 0 Å². The zero-order valence-electron chi connectivity index (χ0n) is 20.1. The standard InChI is InChI=1S/C21H20N4.2C2H6.C2H4/c1-14-8-4-6-10-16(14)24-18-19(23-13-12-22-18)25-17-11-7-5-9-15(17)21(2,3)20(24)25;3*1-2/h4-13,20H,1-3H3;2*1-2H3;1-2H2. The van der Waals surface area contributed by atoms with Crippen molar-refractivity contribution >= 4 is 23.0 Å². The van der Waals surface area contributed by atoms with E-state index in [1.54, 1.807) is 12.4 Å². The largest absolute Gasteiger partial charge is 0.301 e. The first kappa shape index (κ1) is 24.1. The van der Waals surface area contributed by atoms with E-state index in [1.807, 2.05) is 27.7 Å². The average Bonchev–Trinajstić information content (AvgIpc) is 3.30. The maximum Gasteiger partial charge on any atom is 0.178 e. The third-order valence-electron chi connectivity index (χ3n) is 5.48. The van der Waals surface area contributed by atoms with Gasteiger partial charge in [-0.2, -0.15) is 0 Å². The zero-order valence-corrected chi connectivity index (χ0v) is 20.1. The van der Waals surface area contributed by atoms with Crippen LogP contribution in [-0.2, 0) is 5.41 Å². The summed E-state index contributed by atoms with van der Waals surface area (Å²) in [6.07, 6.45) is 3.69. The molecule has 31 heavy (non-hydrogen) atoms. The molecule has 2 aliphatic heterocycles. The molecule has 0 saturated heterocycles. The molecule has 4 nitrogen and oxygen atoms in total. The summed E-state index contributed by atoms with van der Waals surface area (Å²) in [7, 11) is 0. The van der Waals surface area contributed by atoms with Gasteiger partial charge in [0.2, 0.25) is 0 Å². The molecule has 0 amide bonds. The van der Waals surface area contributed by atoms with E-state index in [1.165, 1.54) is 22.5 Å². The number of benzene rings is 2. The molecule has 0 spiro atoms. The van der Waals surface area contributed by atoms with Gasteiger partial charge in [0.05, 0.1) is 0 Å². The van der Waals surface area contributed by atoms with Crippen LogP contribution < -0.4 is 9.80 Å². The second-order valence-corrected chi connectivity index (χ2v) is 7.34. The number of para-hydroxylation sites is 2. The van der Waals surface area contributed by atoms with Crippen molar-refractivity contribution in [3.63, 3.8) is 0 Å². The van der Waals surface area contributed by atoms with Gasteiger partial charge >= 0.3 is 0 Å². The van der Waals surface area contributed by atoms with Crippen LogP contribution in [-0.4, -0.2) is 16.1 Å². The monoisotopic (exact) mass is 416 g/mol. The lowest BCUT2D eigenvalue weighted by Gasteiger charge is -2.36. The minimum atomic E-state index is -0.0543. The first-order valence-electron chi connectivity index (χ1n) is 11.2. The van der Waals surface area contributed by atoms with Crippen LogP contribution in [0.15, 0.2) is 74.1 Å². The number of rotatable bonds is 1. The number of hydrogen-bond acceptors (Lipinski definition) is 4. The van der Waals surface area contributed by atoms with Crippen LogP contribution in [0.5, 0.6) is 0 Å². The number of hydrogen-bond donors (Lipinski definition) is 0. The Morgan fingerprint density at radius 3 is 1.74 bits per heavy atom. The Hall–Kier alpha value is -3.14. The van der Waals surface area contributed by atoms with E-state index in [4.69, 9.17) is 9.97 Å². The average molecular weight is 417 g/mol. The highest BCUT2D eigenvalue weighted by molar-refractivity contribution is 5.89. The first-order chi connectivity index (χ1) is 15.1. The quantitative estimate of drug-likeness (QED) is 0.383. The van der Waals surface area contributed by atoms with Crippen molar-refractivity contribution in [2.24, 2.45) is 0 Å². The van der Waals surface area contributed by atoms with E-state index >= 15 is 0 Å². The van der Waals surface area contributed by atoms with Gasteiger partial charge in [-0.1, -0.05) is 77.9 Å². The SMILES string of the molecule is C=C.CC.CC.Cc1ccccc1N1c2nccnc2N2c3ccccc3C(C)(C)C12. The Morgan fingerprint density at radius 1 is 0.742 bits per heavy atom. The van der Waals surface area contributed by atoms with Crippen molar-refractivity contribution in [2.75, 3.05) is 9.80 Å². The van der Waals surface area contributed by atoms with Gasteiger partial charge in [-0.15, -0.1) is 13.2 Å². The predicted molar refractivity (Wildman–Crippen MR) is 135 cm³/mol. The number of nitrogens with zero attached hydrogens (tertiary/aromatic N) is 4. The highest BCUT2D eigenvalue weighted by Gasteiger charge is 2.54. The van der Waals surface area contributed by atoms with Crippen LogP contribution in [0.1, 0.15) is 52.7 Å². The third kappa shape index (κ3) is 3.83. The molecule has 1 unspecified atom stereocenters. The Bertz CT molecular complexity index is 996. The summed E-state index contributed by atoms with van der Waals surface area (Å²) in [5.41, 5.74) is 4.97. The van der Waals surface area contributed by atoms with Crippen molar-refractivity contribution in [1.29, 1.82) is 0 Å². The molecule has 0 N–H and O–H groups in total. The van der Waals surface area contributed by atoms with Crippen LogP contribution in [0, 0.1) is 6.92 Å². The molecule has 0 radical (unpaired) electrons. The van der Waals surface area contributed by atoms with E-state index in [-0.39, 0.29) is 11.6 Å². The molecule has 164 valence electrons. The molecule has 0 fully saturated rings. The fourth-order valence-electron chi connectivity index (χ4n) is 4.35. The lowest BCUT2D eigenvalue weighted by molar-refractivity contribution is 0.449.